The highest BCUT2D eigenvalue weighted by Gasteiger charge is 2.19. The van der Waals surface area contributed by atoms with Gasteiger partial charge in [0.15, 0.2) is 6.61 Å². The normalized spacial score (nSPS) is 10.6. The summed E-state index contributed by atoms with van der Waals surface area (Å²) in [5.74, 6) is 1.04. The van der Waals surface area contributed by atoms with Gasteiger partial charge in [-0.3, -0.25) is 9.59 Å². The zero-order chi connectivity index (χ0) is 21.3. The van der Waals surface area contributed by atoms with Gasteiger partial charge >= 0.3 is 0 Å². The Kier molecular flexibility index (Phi) is 7.27. The van der Waals surface area contributed by atoms with Crippen LogP contribution in [0.1, 0.15) is 31.1 Å². The van der Waals surface area contributed by atoms with Gasteiger partial charge in [-0.2, -0.15) is 0 Å². The van der Waals surface area contributed by atoms with Crippen molar-refractivity contribution in [1.29, 1.82) is 0 Å². The highest BCUT2D eigenvalue weighted by atomic mass is 16.5. The van der Waals surface area contributed by atoms with E-state index in [0.717, 1.165) is 0 Å². The quantitative estimate of drug-likeness (QED) is 0.570. The van der Waals surface area contributed by atoms with Crippen molar-refractivity contribution < 1.29 is 18.7 Å². The van der Waals surface area contributed by atoms with E-state index in [1.165, 1.54) is 16.7 Å². The molecule has 6 nitrogen and oxygen atoms in total. The number of nitrogens with zero attached hydrogens (tertiary/aromatic N) is 1. The Labute approximate surface area is 176 Å². The third-order valence-corrected chi connectivity index (χ3v) is 4.58. The molecule has 0 aliphatic heterocycles. The number of amides is 2. The summed E-state index contributed by atoms with van der Waals surface area (Å²) < 4.78 is 11.0. The number of carbonyl (C=O) groups is 2. The van der Waals surface area contributed by atoms with Crippen molar-refractivity contribution in [3.63, 3.8) is 0 Å². The molecule has 0 bridgehead atoms. The Morgan fingerprint density at radius 1 is 1.00 bits per heavy atom. The van der Waals surface area contributed by atoms with Crippen LogP contribution in [0, 0.1) is 0 Å². The molecule has 0 unspecified atom stereocenters. The maximum Gasteiger partial charge on any atom is 0.261 e. The van der Waals surface area contributed by atoms with E-state index in [1.807, 2.05) is 42.5 Å². The van der Waals surface area contributed by atoms with E-state index in [9.17, 15) is 9.59 Å². The lowest BCUT2D eigenvalue weighted by Crippen LogP contribution is -2.40. The molecular weight excluding hydrogens is 380 g/mol. The Bertz CT molecular complexity index is 935. The molecule has 2 amide bonds. The van der Waals surface area contributed by atoms with Gasteiger partial charge in [-0.05, 0) is 47.9 Å². The van der Waals surface area contributed by atoms with Gasteiger partial charge in [-0.1, -0.05) is 44.2 Å². The number of furan rings is 1. The van der Waals surface area contributed by atoms with E-state index < -0.39 is 0 Å². The summed E-state index contributed by atoms with van der Waals surface area (Å²) in [6.07, 6.45) is 1.54. The minimum atomic E-state index is -0.303. The van der Waals surface area contributed by atoms with Crippen molar-refractivity contribution in [2.45, 2.75) is 26.3 Å². The maximum atomic E-state index is 12.8. The number of para-hydroxylation sites is 1. The minimum Gasteiger partial charge on any atom is -0.484 e. The van der Waals surface area contributed by atoms with Crippen LogP contribution in [0.25, 0.3) is 0 Å². The summed E-state index contributed by atoms with van der Waals surface area (Å²) in [7, 11) is 0. The van der Waals surface area contributed by atoms with Gasteiger partial charge in [0.2, 0.25) is 5.91 Å². The molecule has 0 fully saturated rings. The number of carbonyl (C=O) groups excluding carboxylic acids is 2. The fourth-order valence-corrected chi connectivity index (χ4v) is 2.90. The van der Waals surface area contributed by atoms with Gasteiger partial charge in [-0.25, -0.2) is 0 Å². The molecule has 6 heteroatoms. The third-order valence-electron chi connectivity index (χ3n) is 4.58. The van der Waals surface area contributed by atoms with Gasteiger partial charge in [0.25, 0.3) is 5.91 Å². The molecule has 0 saturated heterocycles. The van der Waals surface area contributed by atoms with Gasteiger partial charge < -0.3 is 19.4 Å². The molecule has 3 aromatic rings. The smallest absolute Gasteiger partial charge is 0.261 e. The van der Waals surface area contributed by atoms with Gasteiger partial charge in [0.05, 0.1) is 12.8 Å². The van der Waals surface area contributed by atoms with Crippen LogP contribution < -0.4 is 10.1 Å². The first-order valence-electron chi connectivity index (χ1n) is 9.89. The van der Waals surface area contributed by atoms with Crippen LogP contribution in [0.4, 0.5) is 5.69 Å². The fourth-order valence-electron chi connectivity index (χ4n) is 2.90. The molecule has 0 aliphatic carbocycles. The van der Waals surface area contributed by atoms with Crippen molar-refractivity contribution >= 4 is 17.5 Å². The van der Waals surface area contributed by atoms with Crippen LogP contribution >= 0.6 is 0 Å². The second-order valence-electron chi connectivity index (χ2n) is 7.26. The molecule has 0 spiro atoms. The number of anilines is 1. The maximum absolute atomic E-state index is 12.8. The number of nitrogens with one attached hydrogen (secondary N) is 1. The Morgan fingerprint density at radius 2 is 1.73 bits per heavy atom. The van der Waals surface area contributed by atoms with E-state index >= 15 is 0 Å². The molecule has 0 radical (unpaired) electrons. The van der Waals surface area contributed by atoms with E-state index in [4.69, 9.17) is 9.15 Å². The lowest BCUT2D eigenvalue weighted by Gasteiger charge is -2.21. The van der Waals surface area contributed by atoms with Crippen LogP contribution in [0.15, 0.2) is 77.4 Å². The van der Waals surface area contributed by atoms with Crippen molar-refractivity contribution in [3.05, 3.63) is 84.3 Å². The monoisotopic (exact) mass is 406 g/mol. The summed E-state index contributed by atoms with van der Waals surface area (Å²) in [6.45, 7) is 4.15. The number of benzene rings is 2. The molecule has 2 aromatic carbocycles. The first-order valence-corrected chi connectivity index (χ1v) is 9.89. The number of hydrogen-bond acceptors (Lipinski definition) is 4. The Hall–Kier alpha value is -3.54. The Balaban J connectivity index is 1.61. The van der Waals surface area contributed by atoms with Gasteiger partial charge in [0.1, 0.15) is 18.1 Å². The van der Waals surface area contributed by atoms with Crippen molar-refractivity contribution in [1.82, 2.24) is 4.90 Å². The molecule has 1 aromatic heterocycles. The summed E-state index contributed by atoms with van der Waals surface area (Å²) in [4.78, 5) is 26.7. The second kappa shape index (κ2) is 10.3. The largest absolute Gasteiger partial charge is 0.484 e. The molecule has 1 heterocycles. The zero-order valence-corrected chi connectivity index (χ0v) is 17.2. The van der Waals surface area contributed by atoms with Crippen molar-refractivity contribution in [3.8, 4) is 5.75 Å². The predicted molar refractivity (Wildman–Crippen MR) is 115 cm³/mol. The molecular formula is C24H26N2O4. The molecule has 30 heavy (non-hydrogen) atoms. The first-order chi connectivity index (χ1) is 14.5. The summed E-state index contributed by atoms with van der Waals surface area (Å²) in [5, 5.41) is 2.79. The van der Waals surface area contributed by atoms with E-state index in [2.05, 4.69) is 19.2 Å². The minimum absolute atomic E-state index is 0.107. The molecule has 0 atom stereocenters. The molecule has 3 rings (SSSR count). The molecule has 1 N–H and O–H groups in total. The SMILES string of the molecule is CC(C)c1ccc(OCC(=O)N(CC(=O)Nc2ccccc2)Cc2ccco2)cc1. The highest BCUT2D eigenvalue weighted by molar-refractivity contribution is 5.94. The van der Waals surface area contributed by atoms with E-state index in [1.54, 1.807) is 24.3 Å². The Morgan fingerprint density at radius 3 is 2.37 bits per heavy atom. The molecule has 0 aliphatic rings. The van der Waals surface area contributed by atoms with Crippen LogP contribution in [0.3, 0.4) is 0 Å². The number of hydrogen-bond donors (Lipinski definition) is 1. The first kappa shape index (κ1) is 21.2. The summed E-state index contributed by atoms with van der Waals surface area (Å²) in [5.41, 5.74) is 1.88. The predicted octanol–water partition coefficient (Wildman–Crippen LogP) is 4.45. The topological polar surface area (TPSA) is 71.8 Å². The number of rotatable bonds is 9. The van der Waals surface area contributed by atoms with Crippen LogP contribution in [0.2, 0.25) is 0 Å². The lowest BCUT2D eigenvalue weighted by molar-refractivity contribution is -0.137. The summed E-state index contributed by atoms with van der Waals surface area (Å²) in [6, 6.07) is 20.3. The number of ether oxygens (including phenoxy) is 1. The van der Waals surface area contributed by atoms with Gasteiger partial charge in [0, 0.05) is 5.69 Å². The third kappa shape index (κ3) is 6.24. The van der Waals surface area contributed by atoms with E-state index in [0.29, 0.717) is 23.1 Å². The van der Waals surface area contributed by atoms with Crippen LogP contribution in [-0.2, 0) is 16.1 Å². The van der Waals surface area contributed by atoms with Crippen LogP contribution in [0.5, 0.6) is 5.75 Å². The highest BCUT2D eigenvalue weighted by Crippen LogP contribution is 2.18. The average Bonchev–Trinajstić information content (AvgIpc) is 3.25. The average molecular weight is 406 g/mol. The summed E-state index contributed by atoms with van der Waals surface area (Å²) >= 11 is 0. The standard InChI is InChI=1S/C24H26N2O4/c1-18(2)19-10-12-21(13-11-19)30-17-24(28)26(15-22-9-6-14-29-22)16-23(27)25-20-7-4-3-5-8-20/h3-14,18H,15-17H2,1-2H3,(H,25,27). The lowest BCUT2D eigenvalue weighted by atomic mass is 10.0. The molecule has 156 valence electrons. The zero-order valence-electron chi connectivity index (χ0n) is 17.2. The second-order valence-corrected chi connectivity index (χ2v) is 7.26. The van der Waals surface area contributed by atoms with Gasteiger partial charge in [-0.15, -0.1) is 0 Å². The molecule has 0 saturated carbocycles. The van der Waals surface area contributed by atoms with E-state index in [-0.39, 0.29) is 31.5 Å². The van der Waals surface area contributed by atoms with Crippen molar-refractivity contribution in [2.75, 3.05) is 18.5 Å². The van der Waals surface area contributed by atoms with Crippen LogP contribution in [-0.4, -0.2) is 29.9 Å². The fraction of sp³-hybridized carbons (Fsp3) is 0.250. The van der Waals surface area contributed by atoms with Crippen molar-refractivity contribution in [2.24, 2.45) is 0 Å².